The van der Waals surface area contributed by atoms with Crippen molar-refractivity contribution >= 4 is 38.9 Å². The minimum atomic E-state index is 0.0910. The highest BCUT2D eigenvalue weighted by Crippen LogP contribution is 2.24. The predicted molar refractivity (Wildman–Crippen MR) is 98.8 cm³/mol. The summed E-state index contributed by atoms with van der Waals surface area (Å²) in [7, 11) is 0. The predicted octanol–water partition coefficient (Wildman–Crippen LogP) is 3.36. The van der Waals surface area contributed by atoms with Crippen LogP contribution >= 0.6 is 27.3 Å². The van der Waals surface area contributed by atoms with E-state index in [0.717, 1.165) is 43.9 Å². The molecule has 0 atom stereocenters. The first-order valence-corrected chi connectivity index (χ1v) is 9.26. The third kappa shape index (κ3) is 3.94. The Bertz CT molecular complexity index is 708. The van der Waals surface area contributed by atoms with E-state index in [0.29, 0.717) is 5.69 Å². The van der Waals surface area contributed by atoms with E-state index in [-0.39, 0.29) is 5.91 Å². The first-order valence-electron chi connectivity index (χ1n) is 7.65. The Kier molecular flexibility index (Phi) is 5.04. The van der Waals surface area contributed by atoms with Crippen LogP contribution in [0.3, 0.4) is 0 Å². The van der Waals surface area contributed by atoms with Crippen LogP contribution < -0.4 is 5.73 Å². The third-order valence-corrected chi connectivity index (χ3v) is 5.77. The van der Waals surface area contributed by atoms with E-state index in [4.69, 9.17) is 5.73 Å². The number of anilines is 1. The lowest BCUT2D eigenvalue weighted by Crippen LogP contribution is -2.48. The monoisotopic (exact) mass is 393 g/mol. The Morgan fingerprint density at radius 3 is 2.61 bits per heavy atom. The molecule has 0 aliphatic carbocycles. The zero-order chi connectivity index (χ0) is 16.4. The van der Waals surface area contributed by atoms with Gasteiger partial charge in [0.25, 0.3) is 5.91 Å². The third-order valence-electron chi connectivity index (χ3n) is 4.16. The summed E-state index contributed by atoms with van der Waals surface area (Å²) in [5.41, 5.74) is 8.17. The summed E-state index contributed by atoms with van der Waals surface area (Å²) in [5, 5.41) is 0. The number of nitrogen functional groups attached to an aromatic ring is 1. The van der Waals surface area contributed by atoms with Gasteiger partial charge in [0.1, 0.15) is 0 Å². The van der Waals surface area contributed by atoms with E-state index in [2.05, 4.69) is 33.0 Å². The number of piperazine rings is 1. The van der Waals surface area contributed by atoms with Crippen molar-refractivity contribution in [3.05, 3.63) is 50.1 Å². The van der Waals surface area contributed by atoms with Crippen molar-refractivity contribution in [2.75, 3.05) is 31.9 Å². The number of aryl methyl sites for hydroxylation is 1. The highest BCUT2D eigenvalue weighted by molar-refractivity contribution is 9.11. The van der Waals surface area contributed by atoms with Gasteiger partial charge >= 0.3 is 0 Å². The minimum absolute atomic E-state index is 0.0910. The molecule has 1 aliphatic rings. The Morgan fingerprint density at radius 2 is 1.96 bits per heavy atom. The summed E-state index contributed by atoms with van der Waals surface area (Å²) in [4.78, 5) is 18.4. The molecule has 4 nitrogen and oxygen atoms in total. The lowest BCUT2D eigenvalue weighted by atomic mass is 10.1. The first kappa shape index (κ1) is 16.5. The second kappa shape index (κ2) is 7.03. The largest absolute Gasteiger partial charge is 0.399 e. The van der Waals surface area contributed by atoms with Gasteiger partial charge < -0.3 is 10.6 Å². The minimum Gasteiger partial charge on any atom is -0.399 e. The van der Waals surface area contributed by atoms with Gasteiger partial charge in [0.15, 0.2) is 0 Å². The van der Waals surface area contributed by atoms with E-state index in [1.165, 1.54) is 8.66 Å². The molecule has 2 aromatic rings. The summed E-state index contributed by atoms with van der Waals surface area (Å²) in [6.07, 6.45) is 0. The standard InChI is InChI=1S/C17H20BrN3OS/c1-12-2-3-13(19)10-15(12)17(22)21-8-6-20(7-9-21)11-14-4-5-16(18)23-14/h2-5,10H,6-9,11,19H2,1H3. The van der Waals surface area contributed by atoms with Crippen LogP contribution in [0.1, 0.15) is 20.8 Å². The molecule has 2 heterocycles. The average molecular weight is 394 g/mol. The van der Waals surface area contributed by atoms with E-state index in [1.807, 2.05) is 24.0 Å². The van der Waals surface area contributed by atoms with Gasteiger partial charge in [-0.3, -0.25) is 9.69 Å². The molecule has 1 saturated heterocycles. The van der Waals surface area contributed by atoms with Crippen LogP contribution in [-0.4, -0.2) is 41.9 Å². The second-order valence-corrected chi connectivity index (χ2v) is 8.40. The lowest BCUT2D eigenvalue weighted by Gasteiger charge is -2.34. The quantitative estimate of drug-likeness (QED) is 0.813. The van der Waals surface area contributed by atoms with E-state index in [9.17, 15) is 4.79 Å². The molecule has 0 unspecified atom stereocenters. The molecule has 1 fully saturated rings. The van der Waals surface area contributed by atoms with Crippen LogP contribution in [0.25, 0.3) is 0 Å². The summed E-state index contributed by atoms with van der Waals surface area (Å²) in [5.74, 6) is 0.0910. The maximum Gasteiger partial charge on any atom is 0.254 e. The first-order chi connectivity index (χ1) is 11.0. The maximum absolute atomic E-state index is 12.7. The van der Waals surface area contributed by atoms with Crippen molar-refractivity contribution in [3.63, 3.8) is 0 Å². The number of carbonyl (C=O) groups excluding carboxylic acids is 1. The number of carbonyl (C=O) groups is 1. The SMILES string of the molecule is Cc1ccc(N)cc1C(=O)N1CCN(Cc2ccc(Br)s2)CC1. The van der Waals surface area contributed by atoms with Gasteiger partial charge in [0.05, 0.1) is 3.79 Å². The second-order valence-electron chi connectivity index (χ2n) is 5.85. The fourth-order valence-electron chi connectivity index (χ4n) is 2.81. The molecular formula is C17H20BrN3OS. The number of hydrogen-bond acceptors (Lipinski definition) is 4. The molecule has 1 aromatic heterocycles. The number of rotatable bonds is 3. The topological polar surface area (TPSA) is 49.6 Å². The van der Waals surface area contributed by atoms with Crippen molar-refractivity contribution in [2.24, 2.45) is 0 Å². The van der Waals surface area contributed by atoms with Gasteiger partial charge in [0, 0.05) is 48.9 Å². The highest BCUT2D eigenvalue weighted by Gasteiger charge is 2.23. The van der Waals surface area contributed by atoms with Gasteiger partial charge in [-0.25, -0.2) is 0 Å². The van der Waals surface area contributed by atoms with Gasteiger partial charge in [0.2, 0.25) is 0 Å². The Morgan fingerprint density at radius 1 is 1.22 bits per heavy atom. The molecule has 1 aliphatic heterocycles. The van der Waals surface area contributed by atoms with E-state index < -0.39 is 0 Å². The summed E-state index contributed by atoms with van der Waals surface area (Å²) in [6.45, 7) is 6.25. The molecule has 0 radical (unpaired) electrons. The fraction of sp³-hybridized carbons (Fsp3) is 0.353. The van der Waals surface area contributed by atoms with Crippen LogP contribution in [0.5, 0.6) is 0 Å². The van der Waals surface area contributed by atoms with Crippen LogP contribution in [0.4, 0.5) is 5.69 Å². The van der Waals surface area contributed by atoms with Crippen LogP contribution in [0, 0.1) is 6.92 Å². The van der Waals surface area contributed by atoms with Gasteiger partial charge in [-0.2, -0.15) is 0 Å². The Labute approximate surface area is 149 Å². The van der Waals surface area contributed by atoms with Crippen molar-refractivity contribution in [1.29, 1.82) is 0 Å². The zero-order valence-electron chi connectivity index (χ0n) is 13.1. The lowest BCUT2D eigenvalue weighted by molar-refractivity contribution is 0.0629. The fourth-order valence-corrected chi connectivity index (χ4v) is 4.33. The molecule has 122 valence electrons. The number of amides is 1. The van der Waals surface area contributed by atoms with Gasteiger partial charge in [-0.1, -0.05) is 6.07 Å². The number of benzene rings is 1. The Hall–Kier alpha value is -1.37. The van der Waals surface area contributed by atoms with Gasteiger partial charge in [-0.15, -0.1) is 11.3 Å². The van der Waals surface area contributed by atoms with Gasteiger partial charge in [-0.05, 0) is 52.7 Å². The smallest absolute Gasteiger partial charge is 0.254 e. The average Bonchev–Trinajstić information content (AvgIpc) is 2.95. The number of thiophene rings is 1. The number of hydrogen-bond donors (Lipinski definition) is 1. The number of halogens is 1. The van der Waals surface area contributed by atoms with E-state index in [1.54, 1.807) is 17.4 Å². The normalized spacial score (nSPS) is 15.8. The molecule has 1 amide bonds. The van der Waals surface area contributed by atoms with Crippen molar-refractivity contribution < 1.29 is 4.79 Å². The number of nitrogens with zero attached hydrogens (tertiary/aromatic N) is 2. The van der Waals surface area contributed by atoms with Crippen LogP contribution in [-0.2, 0) is 6.54 Å². The molecule has 3 rings (SSSR count). The van der Waals surface area contributed by atoms with Crippen molar-refractivity contribution in [1.82, 2.24) is 9.80 Å². The molecule has 0 spiro atoms. The molecule has 1 aromatic carbocycles. The number of nitrogens with two attached hydrogens (primary N) is 1. The summed E-state index contributed by atoms with van der Waals surface area (Å²) in [6, 6.07) is 9.77. The molecular weight excluding hydrogens is 374 g/mol. The molecule has 23 heavy (non-hydrogen) atoms. The molecule has 0 bridgehead atoms. The zero-order valence-corrected chi connectivity index (χ0v) is 15.5. The summed E-state index contributed by atoms with van der Waals surface area (Å²) < 4.78 is 1.17. The van der Waals surface area contributed by atoms with Crippen molar-refractivity contribution in [2.45, 2.75) is 13.5 Å². The van der Waals surface area contributed by atoms with Crippen LogP contribution in [0.15, 0.2) is 34.1 Å². The van der Waals surface area contributed by atoms with E-state index >= 15 is 0 Å². The maximum atomic E-state index is 12.7. The molecule has 6 heteroatoms. The molecule has 2 N–H and O–H groups in total. The van der Waals surface area contributed by atoms with Crippen molar-refractivity contribution in [3.8, 4) is 0 Å². The highest BCUT2D eigenvalue weighted by atomic mass is 79.9. The van der Waals surface area contributed by atoms with Crippen LogP contribution in [0.2, 0.25) is 0 Å². The Balaban J connectivity index is 1.60. The molecule has 0 saturated carbocycles. The summed E-state index contributed by atoms with van der Waals surface area (Å²) >= 11 is 5.27.